The monoisotopic (exact) mass is 364 g/mol. The van der Waals surface area contributed by atoms with Crippen LogP contribution in [0.5, 0.6) is 0 Å². The van der Waals surface area contributed by atoms with Gasteiger partial charge in [0.1, 0.15) is 18.1 Å². The zero-order valence-corrected chi connectivity index (χ0v) is 14.6. The first-order valence-electron chi connectivity index (χ1n) is 7.14. The molecule has 1 aromatic carbocycles. The lowest BCUT2D eigenvalue weighted by atomic mass is 10.2. The Hall–Kier alpha value is -2.18. The Morgan fingerprint density at radius 1 is 1.46 bits per heavy atom. The number of ether oxygens (including phenoxy) is 1. The topological polar surface area (TPSA) is 44.1 Å². The predicted molar refractivity (Wildman–Crippen MR) is 91.8 cm³/mol. The Labute approximate surface area is 147 Å². The van der Waals surface area contributed by atoms with Crippen LogP contribution in [0.2, 0.25) is 5.02 Å². The molecule has 24 heavy (non-hydrogen) atoms. The fourth-order valence-corrected chi connectivity index (χ4v) is 3.13. The zero-order valence-electron chi connectivity index (χ0n) is 13.0. The molecule has 0 spiro atoms. The standard InChI is InChI=1S/C17H14ClFN2O2S/c1-10-20-15(9-24-10)11-6-16(21(2)7-11)17(22)23-8-12-13(18)4-3-5-14(12)19/h3-7,9H,8H2,1-2H3. The highest BCUT2D eigenvalue weighted by molar-refractivity contribution is 7.09. The molecule has 0 N–H and O–H groups in total. The van der Waals surface area contributed by atoms with E-state index in [9.17, 15) is 9.18 Å². The third kappa shape index (κ3) is 3.34. The van der Waals surface area contributed by atoms with E-state index in [1.165, 1.54) is 12.1 Å². The van der Waals surface area contributed by atoms with E-state index in [0.29, 0.717) is 5.69 Å². The first-order valence-corrected chi connectivity index (χ1v) is 8.40. The second kappa shape index (κ2) is 6.75. The number of thiazole rings is 1. The molecule has 0 radical (unpaired) electrons. The van der Waals surface area contributed by atoms with E-state index in [1.807, 2.05) is 12.3 Å². The van der Waals surface area contributed by atoms with Crippen LogP contribution >= 0.6 is 22.9 Å². The minimum absolute atomic E-state index is 0.164. The first-order chi connectivity index (χ1) is 11.5. The summed E-state index contributed by atoms with van der Waals surface area (Å²) in [6.07, 6.45) is 1.81. The van der Waals surface area contributed by atoms with Gasteiger partial charge in [-0.3, -0.25) is 0 Å². The Morgan fingerprint density at radius 3 is 2.92 bits per heavy atom. The van der Waals surface area contributed by atoms with E-state index >= 15 is 0 Å². The highest BCUT2D eigenvalue weighted by atomic mass is 35.5. The smallest absolute Gasteiger partial charge is 0.355 e. The molecule has 4 nitrogen and oxygen atoms in total. The molecule has 0 amide bonds. The number of nitrogens with zero attached hydrogens (tertiary/aromatic N) is 2. The lowest BCUT2D eigenvalue weighted by Gasteiger charge is -2.08. The Morgan fingerprint density at radius 2 is 2.25 bits per heavy atom. The molecule has 0 saturated carbocycles. The summed E-state index contributed by atoms with van der Waals surface area (Å²) in [5, 5.41) is 3.11. The molecule has 3 rings (SSSR count). The summed E-state index contributed by atoms with van der Waals surface area (Å²) in [6.45, 7) is 1.70. The van der Waals surface area contributed by atoms with E-state index in [1.54, 1.807) is 41.3 Å². The van der Waals surface area contributed by atoms with Crippen molar-refractivity contribution in [2.24, 2.45) is 7.05 Å². The quantitative estimate of drug-likeness (QED) is 0.635. The van der Waals surface area contributed by atoms with Crippen molar-refractivity contribution in [1.29, 1.82) is 0 Å². The van der Waals surface area contributed by atoms with Gasteiger partial charge in [0.15, 0.2) is 0 Å². The largest absolute Gasteiger partial charge is 0.456 e. The molecule has 0 aliphatic rings. The number of hydrogen-bond acceptors (Lipinski definition) is 4. The normalized spacial score (nSPS) is 10.8. The van der Waals surface area contributed by atoms with E-state index in [2.05, 4.69) is 4.98 Å². The van der Waals surface area contributed by atoms with Crippen LogP contribution in [0, 0.1) is 12.7 Å². The van der Waals surface area contributed by atoms with Gasteiger partial charge in [-0.15, -0.1) is 11.3 Å². The van der Waals surface area contributed by atoms with Crippen LogP contribution in [0.25, 0.3) is 11.3 Å². The van der Waals surface area contributed by atoms with Crippen molar-refractivity contribution in [1.82, 2.24) is 9.55 Å². The van der Waals surface area contributed by atoms with Crippen LogP contribution in [0.15, 0.2) is 35.8 Å². The maximum atomic E-state index is 13.7. The van der Waals surface area contributed by atoms with Crippen LogP contribution in [0.4, 0.5) is 4.39 Å². The molecule has 0 aliphatic heterocycles. The number of carbonyl (C=O) groups is 1. The lowest BCUT2D eigenvalue weighted by Crippen LogP contribution is -2.10. The zero-order chi connectivity index (χ0) is 17.3. The number of halogens is 2. The minimum Gasteiger partial charge on any atom is -0.456 e. The summed E-state index contributed by atoms with van der Waals surface area (Å²) in [6, 6.07) is 6.04. The Bertz CT molecular complexity index is 884. The number of hydrogen-bond donors (Lipinski definition) is 0. The van der Waals surface area contributed by atoms with Crippen molar-refractivity contribution < 1.29 is 13.9 Å². The summed E-state index contributed by atoms with van der Waals surface area (Å²) in [7, 11) is 1.75. The van der Waals surface area contributed by atoms with Gasteiger partial charge in [-0.05, 0) is 25.1 Å². The first kappa shape index (κ1) is 16.7. The molecule has 0 saturated heterocycles. The van der Waals surface area contributed by atoms with Crippen molar-refractivity contribution in [2.45, 2.75) is 13.5 Å². The maximum absolute atomic E-state index is 13.7. The molecule has 2 heterocycles. The van der Waals surface area contributed by atoms with Gasteiger partial charge in [0.05, 0.1) is 15.7 Å². The molecule has 0 bridgehead atoms. The lowest BCUT2D eigenvalue weighted by molar-refractivity contribution is 0.0458. The highest BCUT2D eigenvalue weighted by Crippen LogP contribution is 2.25. The third-order valence-corrected chi connectivity index (χ3v) is 4.67. The van der Waals surface area contributed by atoms with Crippen molar-refractivity contribution in [2.75, 3.05) is 0 Å². The number of esters is 1. The third-order valence-electron chi connectivity index (χ3n) is 3.54. The van der Waals surface area contributed by atoms with E-state index < -0.39 is 11.8 Å². The fraction of sp³-hybridized carbons (Fsp3) is 0.176. The van der Waals surface area contributed by atoms with Crippen molar-refractivity contribution in [3.05, 3.63) is 62.9 Å². The summed E-state index contributed by atoms with van der Waals surface area (Å²) < 4.78 is 20.6. The number of rotatable bonds is 4. The molecule has 124 valence electrons. The molecule has 2 aromatic heterocycles. The maximum Gasteiger partial charge on any atom is 0.355 e. The van der Waals surface area contributed by atoms with E-state index in [0.717, 1.165) is 16.3 Å². The van der Waals surface area contributed by atoms with Crippen LogP contribution in [-0.4, -0.2) is 15.5 Å². The fourth-order valence-electron chi connectivity index (χ4n) is 2.29. The van der Waals surface area contributed by atoms with Gasteiger partial charge >= 0.3 is 5.97 Å². The van der Waals surface area contributed by atoms with Gasteiger partial charge in [-0.1, -0.05) is 17.7 Å². The molecule has 0 atom stereocenters. The number of benzene rings is 1. The van der Waals surface area contributed by atoms with Crippen LogP contribution in [0.3, 0.4) is 0 Å². The SMILES string of the molecule is Cc1nc(-c2cc(C(=O)OCc3c(F)cccc3Cl)n(C)c2)cs1. The van der Waals surface area contributed by atoms with E-state index in [4.69, 9.17) is 16.3 Å². The minimum atomic E-state index is -0.546. The molecular weight excluding hydrogens is 351 g/mol. The summed E-state index contributed by atoms with van der Waals surface area (Å²) in [5.74, 6) is -1.05. The highest BCUT2D eigenvalue weighted by Gasteiger charge is 2.17. The molecule has 3 aromatic rings. The van der Waals surface area contributed by atoms with Gasteiger partial charge in [-0.25, -0.2) is 14.2 Å². The summed E-state index contributed by atoms with van der Waals surface area (Å²) >= 11 is 7.47. The number of carbonyl (C=O) groups excluding carboxylic acids is 1. The average Bonchev–Trinajstić information content (AvgIpc) is 3.12. The second-order valence-electron chi connectivity index (χ2n) is 5.25. The number of aryl methyl sites for hydroxylation is 2. The summed E-state index contributed by atoms with van der Waals surface area (Å²) in [5.41, 5.74) is 2.17. The summed E-state index contributed by atoms with van der Waals surface area (Å²) in [4.78, 5) is 16.7. The van der Waals surface area contributed by atoms with Gasteiger partial charge < -0.3 is 9.30 Å². The van der Waals surface area contributed by atoms with Crippen molar-refractivity contribution >= 4 is 28.9 Å². The Balaban J connectivity index is 1.77. The predicted octanol–water partition coefficient (Wildman–Crippen LogP) is 4.61. The van der Waals surface area contributed by atoms with Crippen LogP contribution < -0.4 is 0 Å². The van der Waals surface area contributed by atoms with Gasteiger partial charge in [0, 0.05) is 29.8 Å². The Kier molecular flexibility index (Phi) is 4.69. The molecule has 0 fully saturated rings. The molecular formula is C17H14ClFN2O2S. The van der Waals surface area contributed by atoms with Crippen LogP contribution in [0.1, 0.15) is 21.1 Å². The van der Waals surface area contributed by atoms with Crippen LogP contribution in [-0.2, 0) is 18.4 Å². The van der Waals surface area contributed by atoms with Gasteiger partial charge in [-0.2, -0.15) is 0 Å². The van der Waals surface area contributed by atoms with Crippen molar-refractivity contribution in [3.63, 3.8) is 0 Å². The van der Waals surface area contributed by atoms with Crippen molar-refractivity contribution in [3.8, 4) is 11.3 Å². The van der Waals surface area contributed by atoms with Gasteiger partial charge in [0.2, 0.25) is 0 Å². The van der Waals surface area contributed by atoms with Gasteiger partial charge in [0.25, 0.3) is 0 Å². The second-order valence-corrected chi connectivity index (χ2v) is 6.72. The van der Waals surface area contributed by atoms with E-state index in [-0.39, 0.29) is 17.2 Å². The molecule has 0 aliphatic carbocycles. The number of aromatic nitrogens is 2. The molecule has 7 heteroatoms. The molecule has 0 unspecified atom stereocenters. The average molecular weight is 365 g/mol.